The zero-order chi connectivity index (χ0) is 11.1. The van der Waals surface area contributed by atoms with Crippen LogP contribution in [0, 0.1) is 23.9 Å². The van der Waals surface area contributed by atoms with Crippen LogP contribution >= 0.6 is 0 Å². The van der Waals surface area contributed by atoms with E-state index in [9.17, 15) is 0 Å². The Kier molecular flexibility index (Phi) is 19.2. The third kappa shape index (κ3) is 22.4. The monoisotopic (exact) mass is 194 g/mol. The van der Waals surface area contributed by atoms with Gasteiger partial charge in [0.15, 0.2) is 0 Å². The third-order valence-corrected chi connectivity index (χ3v) is 1.18. The number of hydrogen-bond donors (Lipinski definition) is 2. The summed E-state index contributed by atoms with van der Waals surface area (Å²) in [5, 5.41) is 5.85. The summed E-state index contributed by atoms with van der Waals surface area (Å²) >= 11 is 0. The molecule has 0 saturated carbocycles. The molecular formula is C12H22N2. The molecular weight excluding hydrogens is 172 g/mol. The molecule has 0 saturated heterocycles. The second kappa shape index (κ2) is 17.7. The maximum atomic E-state index is 2.92. The maximum Gasteiger partial charge on any atom is 0.0227 e. The van der Waals surface area contributed by atoms with Crippen LogP contribution in [0.3, 0.4) is 0 Å². The smallest absolute Gasteiger partial charge is 0.0227 e. The Hall–Kier alpha value is -1.28. The fourth-order valence-electron chi connectivity index (χ4n) is 0.552. The van der Waals surface area contributed by atoms with Gasteiger partial charge in [0.25, 0.3) is 0 Å². The summed E-state index contributed by atoms with van der Waals surface area (Å²) in [5.74, 6) is 5.48. The highest BCUT2D eigenvalue weighted by Gasteiger charge is 1.68. The molecule has 0 fully saturated rings. The Morgan fingerprint density at radius 1 is 0.786 bits per heavy atom. The van der Waals surface area contributed by atoms with E-state index in [0.29, 0.717) is 0 Å². The van der Waals surface area contributed by atoms with E-state index in [1.54, 1.807) is 0 Å². The highest BCUT2D eigenvalue weighted by atomic mass is 14.8. The minimum atomic E-state index is 1.00. The molecule has 0 bridgehead atoms. The zero-order valence-electron chi connectivity index (χ0n) is 9.83. The molecule has 0 heterocycles. The summed E-state index contributed by atoms with van der Waals surface area (Å²) in [4.78, 5) is 0. The first kappa shape index (κ1) is 15.2. The van der Waals surface area contributed by atoms with Crippen molar-refractivity contribution in [3.63, 3.8) is 0 Å². The molecule has 0 aliphatic rings. The first-order chi connectivity index (χ1) is 6.83. The fraction of sp³-hybridized carbons (Fsp3) is 0.667. The van der Waals surface area contributed by atoms with E-state index in [1.165, 1.54) is 0 Å². The Morgan fingerprint density at radius 2 is 1.14 bits per heavy atom. The first-order valence-electron chi connectivity index (χ1n) is 5.12. The van der Waals surface area contributed by atoms with Crippen LogP contribution in [-0.2, 0) is 0 Å². The lowest BCUT2D eigenvalue weighted by atomic mass is 10.5. The fourth-order valence-corrected chi connectivity index (χ4v) is 0.552. The van der Waals surface area contributed by atoms with Crippen molar-refractivity contribution in [2.24, 2.45) is 0 Å². The SMILES string of the molecule is CC#CNCCC.CC#CNCCC. The zero-order valence-corrected chi connectivity index (χ0v) is 9.83. The van der Waals surface area contributed by atoms with Gasteiger partial charge < -0.3 is 10.6 Å². The quantitative estimate of drug-likeness (QED) is 0.406. The van der Waals surface area contributed by atoms with Crippen LogP contribution in [0.2, 0.25) is 0 Å². The number of hydrogen-bond acceptors (Lipinski definition) is 2. The number of nitrogens with one attached hydrogen (secondary N) is 2. The van der Waals surface area contributed by atoms with Gasteiger partial charge in [-0.15, -0.1) is 0 Å². The average Bonchev–Trinajstić information content (AvgIpc) is 2.21. The lowest BCUT2D eigenvalue weighted by Gasteiger charge is -1.87. The molecule has 2 nitrogen and oxygen atoms in total. The van der Waals surface area contributed by atoms with Gasteiger partial charge in [0.05, 0.1) is 0 Å². The molecule has 0 aromatic carbocycles. The Morgan fingerprint density at radius 3 is 1.36 bits per heavy atom. The maximum absolute atomic E-state index is 2.92. The second-order valence-corrected chi connectivity index (χ2v) is 2.60. The predicted molar refractivity (Wildman–Crippen MR) is 63.5 cm³/mol. The molecule has 0 aromatic rings. The summed E-state index contributed by atoms with van der Waals surface area (Å²) in [6.07, 6.45) is 2.30. The van der Waals surface area contributed by atoms with E-state index >= 15 is 0 Å². The van der Waals surface area contributed by atoms with Crippen LogP contribution < -0.4 is 10.6 Å². The van der Waals surface area contributed by atoms with E-state index in [4.69, 9.17) is 0 Å². The molecule has 2 N–H and O–H groups in total. The lowest BCUT2D eigenvalue weighted by Crippen LogP contribution is -2.04. The van der Waals surface area contributed by atoms with E-state index in [-0.39, 0.29) is 0 Å². The van der Waals surface area contributed by atoms with E-state index in [1.807, 2.05) is 13.8 Å². The Labute approximate surface area is 88.9 Å². The highest BCUT2D eigenvalue weighted by molar-refractivity contribution is 4.92. The van der Waals surface area contributed by atoms with Gasteiger partial charge in [0, 0.05) is 25.2 Å². The van der Waals surface area contributed by atoms with Crippen molar-refractivity contribution >= 4 is 0 Å². The molecule has 2 heteroatoms. The van der Waals surface area contributed by atoms with Gasteiger partial charge in [-0.3, -0.25) is 0 Å². The van der Waals surface area contributed by atoms with Gasteiger partial charge in [0.2, 0.25) is 0 Å². The molecule has 0 radical (unpaired) electrons. The van der Waals surface area contributed by atoms with Gasteiger partial charge in [-0.1, -0.05) is 25.7 Å². The van der Waals surface area contributed by atoms with E-state index < -0.39 is 0 Å². The van der Waals surface area contributed by atoms with Crippen LogP contribution in [0.15, 0.2) is 0 Å². The molecule has 0 unspecified atom stereocenters. The summed E-state index contributed by atoms with van der Waals surface area (Å²) in [5.41, 5.74) is 0. The minimum Gasteiger partial charge on any atom is -0.346 e. The summed E-state index contributed by atoms with van der Waals surface area (Å²) in [6.45, 7) is 9.88. The van der Waals surface area contributed by atoms with Crippen molar-refractivity contribution in [2.75, 3.05) is 13.1 Å². The van der Waals surface area contributed by atoms with Gasteiger partial charge in [-0.25, -0.2) is 0 Å². The van der Waals surface area contributed by atoms with Gasteiger partial charge in [0.1, 0.15) is 0 Å². The Bertz CT molecular complexity index is 176. The lowest BCUT2D eigenvalue weighted by molar-refractivity contribution is 0.829. The molecule has 0 atom stereocenters. The molecule has 0 rings (SSSR count). The predicted octanol–water partition coefficient (Wildman–Crippen LogP) is 1.93. The average molecular weight is 194 g/mol. The van der Waals surface area contributed by atoms with Crippen molar-refractivity contribution in [1.29, 1.82) is 0 Å². The molecule has 80 valence electrons. The molecule has 14 heavy (non-hydrogen) atoms. The normalized spacial score (nSPS) is 6.57. The van der Waals surface area contributed by atoms with Crippen LogP contribution in [0.4, 0.5) is 0 Å². The van der Waals surface area contributed by atoms with E-state index in [0.717, 1.165) is 25.9 Å². The summed E-state index contributed by atoms with van der Waals surface area (Å²) in [7, 11) is 0. The van der Waals surface area contributed by atoms with Gasteiger partial charge in [-0.05, 0) is 26.7 Å². The topological polar surface area (TPSA) is 24.1 Å². The molecule has 0 amide bonds. The van der Waals surface area contributed by atoms with E-state index in [2.05, 4.69) is 48.4 Å². The summed E-state index contributed by atoms with van der Waals surface area (Å²) < 4.78 is 0. The second-order valence-electron chi connectivity index (χ2n) is 2.60. The largest absolute Gasteiger partial charge is 0.346 e. The molecule has 0 aromatic heterocycles. The van der Waals surface area contributed by atoms with Crippen molar-refractivity contribution < 1.29 is 0 Å². The van der Waals surface area contributed by atoms with Crippen molar-refractivity contribution in [3.8, 4) is 23.9 Å². The van der Waals surface area contributed by atoms with Crippen molar-refractivity contribution in [3.05, 3.63) is 0 Å². The molecule has 0 aliphatic heterocycles. The molecule has 0 spiro atoms. The number of rotatable bonds is 4. The van der Waals surface area contributed by atoms with Crippen LogP contribution in [0.1, 0.15) is 40.5 Å². The van der Waals surface area contributed by atoms with Crippen LogP contribution in [-0.4, -0.2) is 13.1 Å². The van der Waals surface area contributed by atoms with Crippen LogP contribution in [0.5, 0.6) is 0 Å². The first-order valence-corrected chi connectivity index (χ1v) is 5.12. The minimum absolute atomic E-state index is 1.00. The molecule has 0 aliphatic carbocycles. The van der Waals surface area contributed by atoms with Gasteiger partial charge >= 0.3 is 0 Å². The van der Waals surface area contributed by atoms with Crippen molar-refractivity contribution in [2.45, 2.75) is 40.5 Å². The van der Waals surface area contributed by atoms with Crippen LogP contribution in [0.25, 0.3) is 0 Å². The highest BCUT2D eigenvalue weighted by Crippen LogP contribution is 1.65. The third-order valence-electron chi connectivity index (χ3n) is 1.18. The van der Waals surface area contributed by atoms with Crippen molar-refractivity contribution in [1.82, 2.24) is 10.6 Å². The Balaban J connectivity index is 0. The standard InChI is InChI=1S/2C6H11N/c2*1-3-5-7-6-4-2/h2*7H,3,5H2,1-2H3. The summed E-state index contributed by atoms with van der Waals surface area (Å²) in [6, 6.07) is 5.50. The van der Waals surface area contributed by atoms with Gasteiger partial charge in [-0.2, -0.15) is 0 Å².